The van der Waals surface area contributed by atoms with E-state index in [-0.39, 0.29) is 17.9 Å². The molecule has 1 unspecified atom stereocenters. The van der Waals surface area contributed by atoms with Crippen LogP contribution in [0.25, 0.3) is 0 Å². The quantitative estimate of drug-likeness (QED) is 0.795. The summed E-state index contributed by atoms with van der Waals surface area (Å²) in [4.78, 5) is 15.0. The first-order valence-electron chi connectivity index (χ1n) is 10.7. The summed E-state index contributed by atoms with van der Waals surface area (Å²) in [6, 6.07) is 2.24. The number of ketones is 1. The molecule has 0 amide bonds. The lowest BCUT2D eigenvalue weighted by molar-refractivity contribution is -0.138. The summed E-state index contributed by atoms with van der Waals surface area (Å²) in [5.74, 6) is -0.778. The molecule has 2 bridgehead atoms. The topological polar surface area (TPSA) is 38.8 Å². The van der Waals surface area contributed by atoms with E-state index in [0.29, 0.717) is 19.4 Å². The number of nitrogens with zero attached hydrogens (tertiary/aromatic N) is 1. The molecule has 2 heterocycles. The van der Waals surface area contributed by atoms with Crippen LogP contribution in [0, 0.1) is 5.92 Å². The molecule has 0 radical (unpaired) electrons. The number of rotatable bonds is 1. The molecule has 116 valence electrons. The molecule has 1 aromatic carbocycles. The zero-order valence-electron chi connectivity index (χ0n) is 18.3. The summed E-state index contributed by atoms with van der Waals surface area (Å²) in [6.07, 6.45) is -2.27. The lowest BCUT2D eigenvalue weighted by atomic mass is 9.52. The molecule has 4 atom stereocenters. The van der Waals surface area contributed by atoms with Crippen LogP contribution in [-0.2, 0) is 16.6 Å². The van der Waals surface area contributed by atoms with Gasteiger partial charge in [-0.05, 0) is 50.4 Å². The summed E-state index contributed by atoms with van der Waals surface area (Å²) in [5.41, 5.74) is 0.793. The van der Waals surface area contributed by atoms with Gasteiger partial charge in [0, 0.05) is 27.5 Å². The van der Waals surface area contributed by atoms with Crippen molar-refractivity contribution in [2.45, 2.75) is 43.2 Å². The van der Waals surface area contributed by atoms with Gasteiger partial charge in [-0.3, -0.25) is 4.79 Å². The molecule has 2 aliphatic heterocycles. The van der Waals surface area contributed by atoms with Gasteiger partial charge in [-0.1, -0.05) is 6.07 Å². The number of benzene rings is 1. The third kappa shape index (κ3) is 1.27. The lowest BCUT2D eigenvalue weighted by Crippen LogP contribution is -2.65. The predicted octanol–water partition coefficient (Wildman–Crippen LogP) is 1.93. The Morgan fingerprint density at radius 3 is 3.36 bits per heavy atom. The van der Waals surface area contributed by atoms with Crippen LogP contribution in [0.5, 0.6) is 11.5 Å². The van der Waals surface area contributed by atoms with Gasteiger partial charge in [0.25, 0.3) is 0 Å². The van der Waals surface area contributed by atoms with Crippen molar-refractivity contribution in [1.82, 2.24) is 4.90 Å². The first-order valence-corrected chi connectivity index (χ1v) is 7.68. The molecule has 0 N–H and O–H groups in total. The minimum atomic E-state index is -2.67. The van der Waals surface area contributed by atoms with Crippen LogP contribution < -0.4 is 9.47 Å². The number of likely N-dealkylation sites (N-methyl/N-ethyl adjacent to an activating group) is 1. The highest BCUT2D eigenvalue weighted by Crippen LogP contribution is 2.62. The van der Waals surface area contributed by atoms with Crippen molar-refractivity contribution in [3.05, 3.63) is 23.3 Å². The van der Waals surface area contributed by atoms with E-state index >= 15 is 0 Å². The molecule has 2 fully saturated rings. The summed E-state index contributed by atoms with van der Waals surface area (Å²) < 4.78 is 59.3. The fourth-order valence-electron chi connectivity index (χ4n) is 5.00. The number of carbonyl (C=O) groups excluding carboxylic acids is 1. The van der Waals surface area contributed by atoms with Crippen molar-refractivity contribution in [1.29, 1.82) is 0 Å². The lowest BCUT2D eigenvalue weighted by Gasteiger charge is -2.57. The van der Waals surface area contributed by atoms with E-state index in [1.807, 2.05) is 11.9 Å². The molecular formula is C18H21NO3. The van der Waals surface area contributed by atoms with E-state index in [4.69, 9.17) is 16.3 Å². The van der Waals surface area contributed by atoms with E-state index in [0.717, 1.165) is 11.1 Å². The second kappa shape index (κ2) is 4.05. The first-order chi connectivity index (χ1) is 12.9. The van der Waals surface area contributed by atoms with Gasteiger partial charge in [0.2, 0.25) is 0 Å². The molecular weight excluding hydrogens is 278 g/mol. The van der Waals surface area contributed by atoms with Gasteiger partial charge >= 0.3 is 0 Å². The Hall–Kier alpha value is -1.55. The molecule has 22 heavy (non-hydrogen) atoms. The normalized spacial score (nSPS) is 48.7. The third-order valence-corrected chi connectivity index (χ3v) is 5.95. The van der Waals surface area contributed by atoms with Crippen LogP contribution in [0.15, 0.2) is 12.1 Å². The second-order valence-corrected chi connectivity index (χ2v) is 6.70. The van der Waals surface area contributed by atoms with Gasteiger partial charge in [-0.25, -0.2) is 0 Å². The monoisotopic (exact) mass is 305 g/mol. The Morgan fingerprint density at radius 2 is 2.50 bits per heavy atom. The van der Waals surface area contributed by atoms with Crippen LogP contribution in [0.2, 0.25) is 0 Å². The summed E-state index contributed by atoms with van der Waals surface area (Å²) in [7, 11) is -0.799. The van der Waals surface area contributed by atoms with E-state index in [1.54, 1.807) is 6.07 Å². The average molecular weight is 305 g/mol. The van der Waals surface area contributed by atoms with Gasteiger partial charge in [-0.2, -0.15) is 0 Å². The molecule has 2 aliphatic carbocycles. The Balaban J connectivity index is 1.78. The maximum Gasteiger partial charge on any atom is 0.174 e. The van der Waals surface area contributed by atoms with Crippen molar-refractivity contribution in [3.8, 4) is 11.5 Å². The molecule has 4 aliphatic rings. The molecule has 1 aromatic rings. The third-order valence-electron chi connectivity index (χ3n) is 5.95. The number of carbonyl (C=O) groups is 1. The summed E-state index contributed by atoms with van der Waals surface area (Å²) >= 11 is 0. The SMILES string of the molecule is [2H]C([2H])([2H])Oc1ccc2c3c1OC1C(=O)C([2H])([2H])C[C@@H]4[C@@]31CCN(C)[C@]4([2H])C2. The predicted molar refractivity (Wildman–Crippen MR) is 81.6 cm³/mol. The van der Waals surface area contributed by atoms with Crippen molar-refractivity contribution in [3.63, 3.8) is 0 Å². The molecule has 1 saturated heterocycles. The number of methoxy groups -OCH3 is 1. The number of hydrogen-bond acceptors (Lipinski definition) is 4. The van der Waals surface area contributed by atoms with Gasteiger partial charge in [0.1, 0.15) is 0 Å². The van der Waals surface area contributed by atoms with Gasteiger partial charge < -0.3 is 14.4 Å². The highest BCUT2D eigenvalue weighted by molar-refractivity contribution is 5.89. The van der Waals surface area contributed by atoms with E-state index < -0.39 is 42.6 Å². The number of hydrogen-bond donors (Lipinski definition) is 0. The van der Waals surface area contributed by atoms with Crippen molar-refractivity contribution in [2.24, 2.45) is 5.92 Å². The van der Waals surface area contributed by atoms with Gasteiger partial charge in [0.05, 0.1) is 11.2 Å². The van der Waals surface area contributed by atoms with Crippen LogP contribution in [0.4, 0.5) is 0 Å². The van der Waals surface area contributed by atoms with Crippen LogP contribution in [-0.4, -0.2) is 43.4 Å². The maximum atomic E-state index is 13.0. The Kier molecular flexibility index (Phi) is 1.53. The molecule has 4 nitrogen and oxygen atoms in total. The molecule has 1 saturated carbocycles. The Labute approximate surface area is 138 Å². The van der Waals surface area contributed by atoms with E-state index in [1.165, 1.54) is 6.07 Å². The van der Waals surface area contributed by atoms with Gasteiger partial charge in [-0.15, -0.1) is 0 Å². The van der Waals surface area contributed by atoms with Crippen LogP contribution >= 0.6 is 0 Å². The standard InChI is InChI=1S/C18H21NO3/c1-19-8-7-18-11-4-5-13(20)17(18)22-16-14(21-2)6-3-10(15(16)18)9-12(11)19/h3,6,11-12,17H,4-5,7-9H2,1-2H3/t11-,12+,17?,18-/m0/s1/i2D3,5D2,12D. The van der Waals surface area contributed by atoms with Crippen LogP contribution in [0.3, 0.4) is 0 Å². The molecule has 4 heteroatoms. The second-order valence-electron chi connectivity index (χ2n) is 6.70. The number of ether oxygens (including phenoxy) is 2. The molecule has 5 rings (SSSR count). The molecule has 1 spiro atoms. The number of Topliss-reactive ketones (excluding diaryl/α,β-unsaturated/α-hetero) is 1. The Bertz CT molecular complexity index is 902. The number of piperidine rings is 1. The highest BCUT2D eigenvalue weighted by Gasteiger charge is 2.65. The summed E-state index contributed by atoms with van der Waals surface area (Å²) in [5, 5.41) is 0. The number of likely N-dealkylation sites (tertiary alicyclic amines) is 1. The van der Waals surface area contributed by atoms with Crippen molar-refractivity contribution < 1.29 is 22.5 Å². The first kappa shape index (κ1) is 8.34. The smallest absolute Gasteiger partial charge is 0.174 e. The zero-order chi connectivity index (χ0) is 20.3. The molecule has 0 aromatic heterocycles. The fraction of sp³-hybridized carbons (Fsp3) is 0.611. The zero-order valence-corrected chi connectivity index (χ0v) is 12.3. The fourth-order valence-corrected chi connectivity index (χ4v) is 5.00. The largest absolute Gasteiger partial charge is 0.493 e. The van der Waals surface area contributed by atoms with Crippen molar-refractivity contribution in [2.75, 3.05) is 20.6 Å². The minimum Gasteiger partial charge on any atom is -0.493 e. The average Bonchev–Trinajstić information content (AvgIpc) is 2.92. The minimum absolute atomic E-state index is 0.0389. The van der Waals surface area contributed by atoms with Gasteiger partial charge in [0.15, 0.2) is 23.4 Å². The highest BCUT2D eigenvalue weighted by atomic mass is 16.5. The Morgan fingerprint density at radius 1 is 1.59 bits per heavy atom. The summed E-state index contributed by atoms with van der Waals surface area (Å²) in [6.45, 7) is 0.583. The van der Waals surface area contributed by atoms with E-state index in [9.17, 15) is 6.17 Å². The van der Waals surface area contributed by atoms with Crippen LogP contribution in [0.1, 0.15) is 38.6 Å². The van der Waals surface area contributed by atoms with E-state index in [2.05, 4.69) is 0 Å². The van der Waals surface area contributed by atoms with Crippen molar-refractivity contribution >= 4 is 5.78 Å². The maximum absolute atomic E-state index is 13.0.